The summed E-state index contributed by atoms with van der Waals surface area (Å²) in [5, 5.41) is 3.41. The maximum Gasteiger partial charge on any atom is 0.218 e. The van der Waals surface area contributed by atoms with Crippen molar-refractivity contribution < 1.29 is 4.74 Å². The molecule has 1 aliphatic heterocycles. The Morgan fingerprint density at radius 1 is 1.50 bits per heavy atom. The minimum atomic E-state index is 0.476. The van der Waals surface area contributed by atoms with Crippen LogP contribution < -0.4 is 10.1 Å². The highest BCUT2D eigenvalue weighted by Gasteiger charge is 2.19. The van der Waals surface area contributed by atoms with Crippen molar-refractivity contribution in [1.82, 2.24) is 14.9 Å². The minimum Gasteiger partial charge on any atom is -0.481 e. The molecule has 1 N–H and O–H groups in total. The number of rotatable bonds is 3. The van der Waals surface area contributed by atoms with E-state index in [4.69, 9.17) is 4.74 Å². The van der Waals surface area contributed by atoms with Gasteiger partial charge in [0.1, 0.15) is 11.6 Å². The molecule has 1 aromatic heterocycles. The Morgan fingerprint density at radius 3 is 2.94 bits per heavy atom. The van der Waals surface area contributed by atoms with Crippen molar-refractivity contribution in [1.29, 1.82) is 0 Å². The van der Waals surface area contributed by atoms with Crippen molar-refractivity contribution in [2.75, 3.05) is 32.6 Å². The maximum absolute atomic E-state index is 5.12. The van der Waals surface area contributed by atoms with Crippen LogP contribution in [0.4, 0.5) is 5.82 Å². The number of likely N-dealkylation sites (N-methyl/N-ethyl adjacent to an activating group) is 1. The highest BCUT2D eigenvalue weighted by molar-refractivity contribution is 5.39. The number of anilines is 1. The molecule has 1 aromatic rings. The monoisotopic (exact) mass is 222 g/mol. The van der Waals surface area contributed by atoms with Crippen molar-refractivity contribution in [2.24, 2.45) is 0 Å². The van der Waals surface area contributed by atoms with Crippen LogP contribution in [-0.4, -0.2) is 48.2 Å². The Kier molecular flexibility index (Phi) is 3.24. The number of aryl methyl sites for hydroxylation is 1. The standard InChI is InChI=1S/C11H18N4O/c1-8-12-10(6-11(13-8)16-3)14-9-4-5-15(2)7-9/h6,9H,4-5,7H2,1-3H3,(H,12,13,14). The fraction of sp³-hybridized carbons (Fsp3) is 0.636. The third kappa shape index (κ3) is 2.61. The van der Waals surface area contributed by atoms with E-state index < -0.39 is 0 Å². The normalized spacial score (nSPS) is 21.1. The van der Waals surface area contributed by atoms with Crippen LogP contribution in [0.15, 0.2) is 6.07 Å². The fourth-order valence-corrected chi connectivity index (χ4v) is 1.98. The second-order valence-electron chi connectivity index (χ2n) is 4.23. The molecule has 5 heteroatoms. The van der Waals surface area contributed by atoms with Gasteiger partial charge in [-0.25, -0.2) is 4.98 Å². The largest absolute Gasteiger partial charge is 0.481 e. The Morgan fingerprint density at radius 2 is 2.31 bits per heavy atom. The first-order valence-corrected chi connectivity index (χ1v) is 5.52. The van der Waals surface area contributed by atoms with Gasteiger partial charge in [0, 0.05) is 18.7 Å². The minimum absolute atomic E-state index is 0.476. The van der Waals surface area contributed by atoms with Crippen LogP contribution in [0.5, 0.6) is 5.88 Å². The molecule has 2 heterocycles. The van der Waals surface area contributed by atoms with Gasteiger partial charge in [-0.05, 0) is 26.9 Å². The van der Waals surface area contributed by atoms with Gasteiger partial charge in [0.15, 0.2) is 0 Å². The molecule has 0 aliphatic carbocycles. The number of likely N-dealkylation sites (tertiary alicyclic amines) is 1. The zero-order valence-electron chi connectivity index (χ0n) is 10.0. The van der Waals surface area contributed by atoms with Crippen LogP contribution in [0.1, 0.15) is 12.2 Å². The third-order valence-corrected chi connectivity index (χ3v) is 2.77. The lowest BCUT2D eigenvalue weighted by Crippen LogP contribution is -2.24. The highest BCUT2D eigenvalue weighted by atomic mass is 16.5. The van der Waals surface area contributed by atoms with Gasteiger partial charge < -0.3 is 15.0 Å². The van der Waals surface area contributed by atoms with Crippen molar-refractivity contribution >= 4 is 5.82 Å². The predicted molar refractivity (Wildman–Crippen MR) is 62.8 cm³/mol. The summed E-state index contributed by atoms with van der Waals surface area (Å²) in [6.45, 7) is 4.07. The summed E-state index contributed by atoms with van der Waals surface area (Å²) in [5.41, 5.74) is 0. The van der Waals surface area contributed by atoms with E-state index in [1.165, 1.54) is 0 Å². The first-order valence-electron chi connectivity index (χ1n) is 5.52. The lowest BCUT2D eigenvalue weighted by atomic mass is 10.2. The number of hydrogen-bond acceptors (Lipinski definition) is 5. The van der Waals surface area contributed by atoms with Gasteiger partial charge >= 0.3 is 0 Å². The second-order valence-corrected chi connectivity index (χ2v) is 4.23. The summed E-state index contributed by atoms with van der Waals surface area (Å²) >= 11 is 0. The predicted octanol–water partition coefficient (Wildman–Crippen LogP) is 0.910. The average molecular weight is 222 g/mol. The van der Waals surface area contributed by atoms with Gasteiger partial charge in [0.2, 0.25) is 5.88 Å². The van der Waals surface area contributed by atoms with Crippen molar-refractivity contribution in [3.8, 4) is 5.88 Å². The molecule has 1 aliphatic rings. The van der Waals surface area contributed by atoms with Gasteiger partial charge in [-0.15, -0.1) is 0 Å². The van der Waals surface area contributed by atoms with E-state index in [-0.39, 0.29) is 0 Å². The molecule has 0 saturated carbocycles. The van der Waals surface area contributed by atoms with Crippen molar-refractivity contribution in [3.63, 3.8) is 0 Å². The number of ether oxygens (including phenoxy) is 1. The van der Waals surface area contributed by atoms with Crippen molar-refractivity contribution in [3.05, 3.63) is 11.9 Å². The number of aromatic nitrogens is 2. The second kappa shape index (κ2) is 4.65. The molecule has 5 nitrogen and oxygen atoms in total. The summed E-state index contributed by atoms with van der Waals surface area (Å²) in [7, 11) is 3.75. The van der Waals surface area contributed by atoms with Crippen LogP contribution in [0, 0.1) is 6.92 Å². The lowest BCUT2D eigenvalue weighted by Gasteiger charge is -2.14. The first kappa shape index (κ1) is 11.1. The summed E-state index contributed by atoms with van der Waals surface area (Å²) in [6.07, 6.45) is 1.15. The Hall–Kier alpha value is -1.36. The fourth-order valence-electron chi connectivity index (χ4n) is 1.98. The zero-order valence-corrected chi connectivity index (χ0v) is 10.0. The van der Waals surface area contributed by atoms with E-state index in [1.807, 2.05) is 13.0 Å². The van der Waals surface area contributed by atoms with Gasteiger partial charge in [-0.1, -0.05) is 0 Å². The average Bonchev–Trinajstić information content (AvgIpc) is 2.63. The molecular weight excluding hydrogens is 204 g/mol. The molecule has 2 rings (SSSR count). The van der Waals surface area contributed by atoms with Crippen LogP contribution in [-0.2, 0) is 0 Å². The SMILES string of the molecule is COc1cc(NC2CCN(C)C2)nc(C)n1. The zero-order chi connectivity index (χ0) is 11.5. The van der Waals surface area contributed by atoms with Gasteiger partial charge in [0.05, 0.1) is 7.11 Å². The van der Waals surface area contributed by atoms with Gasteiger partial charge in [-0.2, -0.15) is 4.98 Å². The molecule has 0 spiro atoms. The van der Waals surface area contributed by atoms with Crippen LogP contribution in [0.2, 0.25) is 0 Å². The highest BCUT2D eigenvalue weighted by Crippen LogP contribution is 2.16. The summed E-state index contributed by atoms with van der Waals surface area (Å²) < 4.78 is 5.12. The Balaban J connectivity index is 2.06. The third-order valence-electron chi connectivity index (χ3n) is 2.77. The van der Waals surface area contributed by atoms with Gasteiger partial charge in [0.25, 0.3) is 0 Å². The molecule has 0 bridgehead atoms. The Labute approximate surface area is 95.8 Å². The first-order chi connectivity index (χ1) is 7.67. The van der Waals surface area contributed by atoms with Gasteiger partial charge in [-0.3, -0.25) is 0 Å². The number of methoxy groups -OCH3 is 1. The van der Waals surface area contributed by atoms with E-state index >= 15 is 0 Å². The summed E-state index contributed by atoms with van der Waals surface area (Å²) in [5.74, 6) is 2.19. The topological polar surface area (TPSA) is 50.3 Å². The van der Waals surface area contributed by atoms with Crippen LogP contribution in [0.25, 0.3) is 0 Å². The van der Waals surface area contributed by atoms with E-state index in [2.05, 4.69) is 27.2 Å². The molecule has 16 heavy (non-hydrogen) atoms. The van der Waals surface area contributed by atoms with E-state index in [0.29, 0.717) is 11.9 Å². The Bertz CT molecular complexity index is 369. The molecule has 0 aromatic carbocycles. The lowest BCUT2D eigenvalue weighted by molar-refractivity contribution is 0.395. The molecular formula is C11H18N4O. The van der Waals surface area contributed by atoms with Crippen LogP contribution >= 0.6 is 0 Å². The van der Waals surface area contributed by atoms with E-state index in [1.54, 1.807) is 7.11 Å². The van der Waals surface area contributed by atoms with Crippen molar-refractivity contribution in [2.45, 2.75) is 19.4 Å². The molecule has 1 fully saturated rings. The summed E-state index contributed by atoms with van der Waals surface area (Å²) in [6, 6.07) is 2.31. The molecule has 0 amide bonds. The number of nitrogens with zero attached hydrogens (tertiary/aromatic N) is 3. The van der Waals surface area contributed by atoms with E-state index in [9.17, 15) is 0 Å². The van der Waals surface area contributed by atoms with E-state index in [0.717, 1.165) is 31.2 Å². The quantitative estimate of drug-likeness (QED) is 0.823. The smallest absolute Gasteiger partial charge is 0.218 e. The molecule has 1 saturated heterocycles. The number of hydrogen-bond donors (Lipinski definition) is 1. The van der Waals surface area contributed by atoms with Crippen LogP contribution in [0.3, 0.4) is 0 Å². The molecule has 88 valence electrons. The molecule has 0 radical (unpaired) electrons. The maximum atomic E-state index is 5.12. The molecule has 1 unspecified atom stereocenters. The number of nitrogens with one attached hydrogen (secondary N) is 1. The molecule has 1 atom stereocenters. The summed E-state index contributed by atoms with van der Waals surface area (Å²) in [4.78, 5) is 10.8.